The van der Waals surface area contributed by atoms with Gasteiger partial charge in [0.2, 0.25) is 0 Å². The lowest BCUT2D eigenvalue weighted by atomic mass is 9.77. The van der Waals surface area contributed by atoms with E-state index in [-0.39, 0.29) is 18.2 Å². The number of hydrogen-bond acceptors (Lipinski definition) is 3. The largest absolute Gasteiger partial charge is 0.469 e. The van der Waals surface area contributed by atoms with Gasteiger partial charge in [-0.15, -0.1) is 0 Å². The van der Waals surface area contributed by atoms with E-state index in [1.165, 1.54) is 19.2 Å². The van der Waals surface area contributed by atoms with Crippen LogP contribution in [0.2, 0.25) is 0 Å². The number of hydrogen-bond donors (Lipinski definition) is 1. The molecular weight excluding hydrogens is 247 g/mol. The maximum absolute atomic E-state index is 13.2. The van der Waals surface area contributed by atoms with E-state index in [9.17, 15) is 14.3 Å². The van der Waals surface area contributed by atoms with Crippen LogP contribution in [0.3, 0.4) is 0 Å². The summed E-state index contributed by atoms with van der Waals surface area (Å²) in [7, 11) is 1.30. The van der Waals surface area contributed by atoms with Crippen LogP contribution in [-0.4, -0.2) is 23.8 Å². The van der Waals surface area contributed by atoms with Gasteiger partial charge in [0.15, 0.2) is 0 Å². The summed E-state index contributed by atoms with van der Waals surface area (Å²) in [6.07, 6.45) is 0.197. The lowest BCUT2D eigenvalue weighted by Crippen LogP contribution is -2.45. The average Bonchev–Trinajstić information content (AvgIpc) is 2.27. The van der Waals surface area contributed by atoms with Crippen LogP contribution in [0.5, 0.6) is 0 Å². The Bertz CT molecular complexity index is 441. The van der Waals surface area contributed by atoms with Crippen LogP contribution >= 0.6 is 0 Å². The standard InChI is InChI=1S/C15H21FO3/c1-10(2)13(14(17)19-4)15(3,18)9-11-6-5-7-12(16)8-11/h5-8,10,13,18H,9H2,1-4H3. The van der Waals surface area contributed by atoms with Gasteiger partial charge in [-0.25, -0.2) is 4.39 Å². The molecule has 4 heteroatoms. The van der Waals surface area contributed by atoms with Crippen LogP contribution < -0.4 is 0 Å². The molecule has 0 fully saturated rings. The SMILES string of the molecule is COC(=O)C(C(C)C)C(C)(O)Cc1cccc(F)c1. The van der Waals surface area contributed by atoms with Gasteiger partial charge in [0, 0.05) is 6.42 Å². The molecule has 2 unspecified atom stereocenters. The third kappa shape index (κ3) is 4.03. The molecule has 2 atom stereocenters. The molecule has 0 amide bonds. The monoisotopic (exact) mass is 268 g/mol. The zero-order valence-electron chi connectivity index (χ0n) is 11.8. The number of esters is 1. The number of halogens is 1. The Morgan fingerprint density at radius 3 is 2.58 bits per heavy atom. The lowest BCUT2D eigenvalue weighted by Gasteiger charge is -2.33. The Balaban J connectivity index is 2.97. The second-order valence-corrected chi connectivity index (χ2v) is 5.41. The first-order valence-corrected chi connectivity index (χ1v) is 6.32. The van der Waals surface area contributed by atoms with Crippen molar-refractivity contribution in [2.75, 3.05) is 7.11 Å². The van der Waals surface area contributed by atoms with Gasteiger partial charge in [0.25, 0.3) is 0 Å². The van der Waals surface area contributed by atoms with Crippen molar-refractivity contribution in [1.82, 2.24) is 0 Å². The van der Waals surface area contributed by atoms with Crippen molar-refractivity contribution in [3.8, 4) is 0 Å². The van der Waals surface area contributed by atoms with E-state index in [1.54, 1.807) is 19.1 Å². The molecule has 0 aliphatic rings. The molecule has 0 aliphatic carbocycles. The Labute approximate surface area is 113 Å². The molecule has 0 aromatic heterocycles. The molecule has 1 aromatic carbocycles. The summed E-state index contributed by atoms with van der Waals surface area (Å²) in [4.78, 5) is 11.8. The summed E-state index contributed by atoms with van der Waals surface area (Å²) < 4.78 is 17.9. The molecule has 0 spiro atoms. The van der Waals surface area contributed by atoms with E-state index in [4.69, 9.17) is 4.74 Å². The fraction of sp³-hybridized carbons (Fsp3) is 0.533. The van der Waals surface area contributed by atoms with Crippen LogP contribution in [0.4, 0.5) is 4.39 Å². The number of rotatable bonds is 5. The normalized spacial score (nSPS) is 15.9. The Kier molecular flexibility index (Phi) is 5.06. The lowest BCUT2D eigenvalue weighted by molar-refractivity contribution is -0.157. The molecule has 106 valence electrons. The molecule has 1 N–H and O–H groups in total. The van der Waals surface area contributed by atoms with Gasteiger partial charge in [-0.05, 0) is 30.5 Å². The number of carbonyl (C=O) groups excluding carboxylic acids is 1. The zero-order valence-corrected chi connectivity index (χ0v) is 11.8. The van der Waals surface area contributed by atoms with Crippen molar-refractivity contribution in [3.63, 3.8) is 0 Å². The van der Waals surface area contributed by atoms with Crippen molar-refractivity contribution in [1.29, 1.82) is 0 Å². The van der Waals surface area contributed by atoms with Crippen molar-refractivity contribution in [2.45, 2.75) is 32.8 Å². The van der Waals surface area contributed by atoms with Crippen LogP contribution in [0, 0.1) is 17.7 Å². The summed E-state index contributed by atoms with van der Waals surface area (Å²) in [5.41, 5.74) is -0.630. The Morgan fingerprint density at radius 1 is 1.47 bits per heavy atom. The van der Waals surface area contributed by atoms with Crippen molar-refractivity contribution >= 4 is 5.97 Å². The molecule has 0 aliphatic heterocycles. The van der Waals surface area contributed by atoms with E-state index in [2.05, 4.69) is 0 Å². The van der Waals surface area contributed by atoms with Crippen LogP contribution in [-0.2, 0) is 16.0 Å². The molecular formula is C15H21FO3. The van der Waals surface area contributed by atoms with Crippen molar-refractivity contribution < 1.29 is 19.0 Å². The van der Waals surface area contributed by atoms with Gasteiger partial charge < -0.3 is 9.84 Å². The van der Waals surface area contributed by atoms with Gasteiger partial charge in [0.1, 0.15) is 5.82 Å². The molecule has 0 heterocycles. The highest BCUT2D eigenvalue weighted by molar-refractivity contribution is 5.74. The van der Waals surface area contributed by atoms with Gasteiger partial charge in [-0.3, -0.25) is 4.79 Å². The molecule has 19 heavy (non-hydrogen) atoms. The molecule has 0 saturated carbocycles. The average molecular weight is 268 g/mol. The second kappa shape index (κ2) is 6.15. The third-order valence-electron chi connectivity index (χ3n) is 3.24. The minimum Gasteiger partial charge on any atom is -0.469 e. The predicted octanol–water partition coefficient (Wildman–Crippen LogP) is 2.56. The predicted molar refractivity (Wildman–Crippen MR) is 71.1 cm³/mol. The van der Waals surface area contributed by atoms with Gasteiger partial charge in [-0.1, -0.05) is 26.0 Å². The van der Waals surface area contributed by atoms with Gasteiger partial charge in [0.05, 0.1) is 18.6 Å². The summed E-state index contributed by atoms with van der Waals surface area (Å²) in [5, 5.41) is 10.6. The van der Waals surface area contributed by atoms with Crippen LogP contribution in [0.15, 0.2) is 24.3 Å². The molecule has 1 rings (SSSR count). The molecule has 0 bridgehead atoms. The van der Waals surface area contributed by atoms with E-state index in [0.717, 1.165) is 0 Å². The first kappa shape index (κ1) is 15.6. The summed E-state index contributed by atoms with van der Waals surface area (Å²) in [5.74, 6) is -1.53. The van der Waals surface area contributed by atoms with E-state index >= 15 is 0 Å². The Morgan fingerprint density at radius 2 is 2.11 bits per heavy atom. The maximum atomic E-state index is 13.2. The summed E-state index contributed by atoms with van der Waals surface area (Å²) in [6, 6.07) is 6.02. The second-order valence-electron chi connectivity index (χ2n) is 5.41. The van der Waals surface area contributed by atoms with E-state index < -0.39 is 17.5 Å². The maximum Gasteiger partial charge on any atom is 0.311 e. The van der Waals surface area contributed by atoms with Gasteiger partial charge >= 0.3 is 5.97 Å². The van der Waals surface area contributed by atoms with Gasteiger partial charge in [-0.2, -0.15) is 0 Å². The smallest absolute Gasteiger partial charge is 0.311 e. The third-order valence-corrected chi connectivity index (χ3v) is 3.24. The highest BCUT2D eigenvalue weighted by Crippen LogP contribution is 2.29. The number of aliphatic hydroxyl groups is 1. The first-order chi connectivity index (χ1) is 8.77. The van der Waals surface area contributed by atoms with E-state index in [1.807, 2.05) is 13.8 Å². The first-order valence-electron chi connectivity index (χ1n) is 6.32. The fourth-order valence-electron chi connectivity index (χ4n) is 2.54. The molecule has 3 nitrogen and oxygen atoms in total. The molecule has 0 saturated heterocycles. The minimum absolute atomic E-state index is 0.0731. The quantitative estimate of drug-likeness (QED) is 0.835. The fourth-order valence-corrected chi connectivity index (χ4v) is 2.54. The number of ether oxygens (including phenoxy) is 1. The summed E-state index contributed by atoms with van der Waals surface area (Å²) >= 11 is 0. The number of methoxy groups -OCH3 is 1. The van der Waals surface area contributed by atoms with Crippen molar-refractivity contribution in [2.24, 2.45) is 11.8 Å². The molecule has 1 aromatic rings. The highest BCUT2D eigenvalue weighted by Gasteiger charge is 2.40. The van der Waals surface area contributed by atoms with Crippen LogP contribution in [0.1, 0.15) is 26.3 Å². The minimum atomic E-state index is -1.28. The zero-order chi connectivity index (χ0) is 14.6. The number of carbonyl (C=O) groups is 1. The summed E-state index contributed by atoms with van der Waals surface area (Å²) in [6.45, 7) is 5.28. The van der Waals surface area contributed by atoms with E-state index in [0.29, 0.717) is 5.56 Å². The highest BCUT2D eigenvalue weighted by atomic mass is 19.1. The Hall–Kier alpha value is -1.42. The van der Waals surface area contributed by atoms with Crippen LogP contribution in [0.25, 0.3) is 0 Å². The topological polar surface area (TPSA) is 46.5 Å². The number of benzene rings is 1. The van der Waals surface area contributed by atoms with Crippen molar-refractivity contribution in [3.05, 3.63) is 35.6 Å². The molecule has 0 radical (unpaired) electrons.